The highest BCUT2D eigenvalue weighted by Crippen LogP contribution is 2.19. The number of ether oxygens (including phenoxy) is 1. The highest BCUT2D eigenvalue weighted by Gasteiger charge is 2.14. The van der Waals surface area contributed by atoms with Crippen LogP contribution in [0.15, 0.2) is 42.5 Å². The Kier molecular flexibility index (Phi) is 5.30. The fraction of sp³-hybridized carbons (Fsp3) is 0.235. The third kappa shape index (κ3) is 4.29. The molecular formula is C17H18N2O4. The Morgan fingerprint density at radius 3 is 2.52 bits per heavy atom. The molecule has 1 N–H and O–H groups in total. The second-order valence-electron chi connectivity index (χ2n) is 5.11. The van der Waals surface area contributed by atoms with Gasteiger partial charge in [-0.05, 0) is 37.1 Å². The Bertz CT molecular complexity index is 711. The van der Waals surface area contributed by atoms with E-state index < -0.39 is 4.92 Å². The van der Waals surface area contributed by atoms with Crippen molar-refractivity contribution in [3.8, 4) is 5.75 Å². The first-order chi connectivity index (χ1) is 11.0. The average molecular weight is 314 g/mol. The average Bonchev–Trinajstić information content (AvgIpc) is 2.55. The van der Waals surface area contributed by atoms with Gasteiger partial charge in [-0.2, -0.15) is 0 Å². The van der Waals surface area contributed by atoms with Gasteiger partial charge >= 0.3 is 0 Å². The second kappa shape index (κ2) is 7.40. The van der Waals surface area contributed by atoms with Crippen LogP contribution in [0.3, 0.4) is 0 Å². The molecule has 0 fully saturated rings. The normalized spacial score (nSPS) is 10.2. The number of nitro benzene ring substituents is 1. The van der Waals surface area contributed by atoms with E-state index in [0.717, 1.165) is 11.3 Å². The third-order valence-corrected chi connectivity index (χ3v) is 3.53. The van der Waals surface area contributed by atoms with E-state index in [0.29, 0.717) is 18.5 Å². The van der Waals surface area contributed by atoms with E-state index >= 15 is 0 Å². The summed E-state index contributed by atoms with van der Waals surface area (Å²) in [4.78, 5) is 22.5. The molecule has 0 heterocycles. The van der Waals surface area contributed by atoms with Crippen LogP contribution in [0.4, 0.5) is 5.69 Å². The lowest BCUT2D eigenvalue weighted by molar-refractivity contribution is -0.385. The minimum atomic E-state index is -0.483. The standard InChI is InChI=1S/C17H18N2O4/c1-12-3-6-14(11-16(12)19(21)22)17(20)18-10-9-13-4-7-15(23-2)8-5-13/h3-8,11H,9-10H2,1-2H3,(H,18,20). The molecule has 0 spiro atoms. The van der Waals surface area contributed by atoms with Gasteiger partial charge in [-0.3, -0.25) is 14.9 Å². The molecule has 1 amide bonds. The third-order valence-electron chi connectivity index (χ3n) is 3.53. The van der Waals surface area contributed by atoms with Gasteiger partial charge in [0.05, 0.1) is 12.0 Å². The zero-order chi connectivity index (χ0) is 16.8. The molecule has 6 nitrogen and oxygen atoms in total. The monoisotopic (exact) mass is 314 g/mol. The van der Waals surface area contributed by atoms with Gasteiger partial charge in [-0.25, -0.2) is 0 Å². The fourth-order valence-corrected chi connectivity index (χ4v) is 2.16. The lowest BCUT2D eigenvalue weighted by Gasteiger charge is -2.07. The topological polar surface area (TPSA) is 81.5 Å². The van der Waals surface area contributed by atoms with E-state index in [-0.39, 0.29) is 17.2 Å². The van der Waals surface area contributed by atoms with Crippen molar-refractivity contribution in [3.63, 3.8) is 0 Å². The molecule has 2 aromatic rings. The predicted molar refractivity (Wildman–Crippen MR) is 86.9 cm³/mol. The predicted octanol–water partition coefficient (Wildman–Crippen LogP) is 2.88. The first-order valence-electron chi connectivity index (χ1n) is 7.17. The summed E-state index contributed by atoms with van der Waals surface area (Å²) < 4.78 is 5.09. The van der Waals surface area contributed by atoms with Crippen molar-refractivity contribution in [1.82, 2.24) is 5.32 Å². The van der Waals surface area contributed by atoms with Crippen LogP contribution in [0.25, 0.3) is 0 Å². The maximum Gasteiger partial charge on any atom is 0.273 e. The zero-order valence-electron chi connectivity index (χ0n) is 13.0. The first kappa shape index (κ1) is 16.5. The molecule has 0 aromatic heterocycles. The Morgan fingerprint density at radius 1 is 1.22 bits per heavy atom. The van der Waals surface area contributed by atoms with E-state index in [4.69, 9.17) is 4.74 Å². The highest BCUT2D eigenvalue weighted by atomic mass is 16.6. The van der Waals surface area contributed by atoms with Crippen molar-refractivity contribution in [2.75, 3.05) is 13.7 Å². The van der Waals surface area contributed by atoms with Crippen LogP contribution < -0.4 is 10.1 Å². The maximum atomic E-state index is 12.1. The first-order valence-corrected chi connectivity index (χ1v) is 7.17. The number of nitro groups is 1. The number of carbonyl (C=O) groups is 1. The molecule has 0 bridgehead atoms. The summed E-state index contributed by atoms with van der Waals surface area (Å²) >= 11 is 0. The van der Waals surface area contributed by atoms with Gasteiger partial charge in [-0.15, -0.1) is 0 Å². The molecule has 0 radical (unpaired) electrons. The van der Waals surface area contributed by atoms with Crippen LogP contribution in [0.5, 0.6) is 5.75 Å². The Hall–Kier alpha value is -2.89. The number of nitrogens with zero attached hydrogens (tertiary/aromatic N) is 1. The van der Waals surface area contributed by atoms with Gasteiger partial charge in [0.2, 0.25) is 0 Å². The Balaban J connectivity index is 1.94. The van der Waals surface area contributed by atoms with Crippen LogP contribution in [0.1, 0.15) is 21.5 Å². The van der Waals surface area contributed by atoms with Crippen molar-refractivity contribution in [2.24, 2.45) is 0 Å². The molecule has 0 saturated heterocycles. The van der Waals surface area contributed by atoms with Gasteiger partial charge in [0.25, 0.3) is 11.6 Å². The molecule has 6 heteroatoms. The Morgan fingerprint density at radius 2 is 1.91 bits per heavy atom. The molecule has 0 aliphatic rings. The number of benzene rings is 2. The molecule has 2 aromatic carbocycles. The highest BCUT2D eigenvalue weighted by molar-refractivity contribution is 5.94. The van der Waals surface area contributed by atoms with Crippen molar-refractivity contribution < 1.29 is 14.5 Å². The van der Waals surface area contributed by atoms with E-state index in [1.54, 1.807) is 26.2 Å². The molecule has 0 aliphatic heterocycles. The number of hydrogen-bond acceptors (Lipinski definition) is 4. The summed E-state index contributed by atoms with van der Waals surface area (Å²) in [6.45, 7) is 2.09. The minimum absolute atomic E-state index is 0.0483. The van der Waals surface area contributed by atoms with Crippen molar-refractivity contribution >= 4 is 11.6 Å². The van der Waals surface area contributed by atoms with Gasteiger partial charge in [0, 0.05) is 23.7 Å². The number of rotatable bonds is 6. The summed E-state index contributed by atoms with van der Waals surface area (Å²) in [5.74, 6) is 0.464. The van der Waals surface area contributed by atoms with Gasteiger partial charge in [0.15, 0.2) is 0 Å². The quantitative estimate of drug-likeness (QED) is 0.656. The zero-order valence-corrected chi connectivity index (χ0v) is 13.0. The molecule has 120 valence electrons. The lowest BCUT2D eigenvalue weighted by Crippen LogP contribution is -2.25. The summed E-state index contributed by atoms with van der Waals surface area (Å²) in [7, 11) is 1.61. The van der Waals surface area contributed by atoms with E-state index in [1.807, 2.05) is 24.3 Å². The summed E-state index contributed by atoms with van der Waals surface area (Å²) in [5.41, 5.74) is 1.84. The summed E-state index contributed by atoms with van der Waals surface area (Å²) in [6, 6.07) is 12.1. The van der Waals surface area contributed by atoms with Gasteiger partial charge in [0.1, 0.15) is 5.75 Å². The van der Waals surface area contributed by atoms with E-state index in [1.165, 1.54) is 6.07 Å². The number of aryl methyl sites for hydroxylation is 1. The van der Waals surface area contributed by atoms with E-state index in [2.05, 4.69) is 5.32 Å². The summed E-state index contributed by atoms with van der Waals surface area (Å²) in [6.07, 6.45) is 0.670. The smallest absolute Gasteiger partial charge is 0.273 e. The van der Waals surface area contributed by atoms with Crippen LogP contribution in [0.2, 0.25) is 0 Å². The molecule has 0 atom stereocenters. The van der Waals surface area contributed by atoms with Crippen LogP contribution in [0, 0.1) is 17.0 Å². The molecule has 0 unspecified atom stereocenters. The van der Waals surface area contributed by atoms with Crippen LogP contribution in [-0.2, 0) is 6.42 Å². The largest absolute Gasteiger partial charge is 0.497 e. The molecule has 2 rings (SSSR count). The second-order valence-corrected chi connectivity index (χ2v) is 5.11. The van der Waals surface area contributed by atoms with Crippen LogP contribution in [-0.4, -0.2) is 24.5 Å². The van der Waals surface area contributed by atoms with Crippen molar-refractivity contribution in [2.45, 2.75) is 13.3 Å². The molecule has 0 saturated carbocycles. The molecule has 0 aliphatic carbocycles. The number of hydrogen-bond donors (Lipinski definition) is 1. The number of nitrogens with one attached hydrogen (secondary N) is 1. The molecule has 23 heavy (non-hydrogen) atoms. The fourth-order valence-electron chi connectivity index (χ4n) is 2.16. The lowest BCUT2D eigenvalue weighted by atomic mass is 10.1. The van der Waals surface area contributed by atoms with Crippen molar-refractivity contribution in [1.29, 1.82) is 0 Å². The number of carbonyl (C=O) groups excluding carboxylic acids is 1. The SMILES string of the molecule is COc1ccc(CCNC(=O)c2ccc(C)c([N+](=O)[O-])c2)cc1. The van der Waals surface area contributed by atoms with Gasteiger partial charge in [-0.1, -0.05) is 18.2 Å². The summed E-state index contributed by atoms with van der Waals surface area (Å²) in [5, 5.41) is 13.7. The molecular weight excluding hydrogens is 296 g/mol. The Labute approximate surface area is 134 Å². The number of methoxy groups -OCH3 is 1. The van der Waals surface area contributed by atoms with Gasteiger partial charge < -0.3 is 10.1 Å². The minimum Gasteiger partial charge on any atom is -0.497 e. The maximum absolute atomic E-state index is 12.1. The van der Waals surface area contributed by atoms with E-state index in [9.17, 15) is 14.9 Å². The van der Waals surface area contributed by atoms with Crippen molar-refractivity contribution in [3.05, 3.63) is 69.3 Å². The number of amides is 1. The van der Waals surface area contributed by atoms with Crippen LogP contribution >= 0.6 is 0 Å².